The third-order valence-corrected chi connectivity index (χ3v) is 2.70. The second kappa shape index (κ2) is 5.46. The molecule has 0 fully saturated rings. The minimum atomic E-state index is -4.59. The van der Waals surface area contributed by atoms with Crippen LogP contribution in [0.25, 0.3) is 0 Å². The second-order valence-corrected chi connectivity index (χ2v) is 4.49. The predicted molar refractivity (Wildman–Crippen MR) is 65.7 cm³/mol. The van der Waals surface area contributed by atoms with E-state index >= 15 is 0 Å². The van der Waals surface area contributed by atoms with E-state index in [4.69, 9.17) is 27.9 Å². The first-order valence-electron chi connectivity index (χ1n) is 5.13. The van der Waals surface area contributed by atoms with Gasteiger partial charge in [0.25, 0.3) is 0 Å². The van der Waals surface area contributed by atoms with E-state index in [1.54, 1.807) is 0 Å². The van der Waals surface area contributed by atoms with Crippen LogP contribution in [-0.2, 0) is 6.18 Å². The Hall–Kier alpha value is -1.53. The van der Waals surface area contributed by atoms with Gasteiger partial charge in [0.05, 0.1) is 10.6 Å². The number of hydrogen-bond donors (Lipinski definition) is 0. The first-order valence-corrected chi connectivity index (χ1v) is 5.89. The first kappa shape index (κ1) is 14.9. The summed E-state index contributed by atoms with van der Waals surface area (Å²) in [5.74, 6) is -1.02. The zero-order valence-electron chi connectivity index (χ0n) is 9.51. The van der Waals surface area contributed by atoms with Crippen molar-refractivity contribution in [2.75, 3.05) is 0 Å². The molecule has 1 heterocycles. The number of hydrogen-bond acceptors (Lipinski definition) is 2. The van der Waals surface area contributed by atoms with E-state index in [0.29, 0.717) is 12.1 Å². The van der Waals surface area contributed by atoms with Gasteiger partial charge in [-0.3, -0.25) is 0 Å². The molecular formula is C12H5Cl2F4NO. The SMILES string of the molecule is Fc1ccc(Oc2cc(C(F)(F)F)cc(Cl)n2)c(Cl)c1. The van der Waals surface area contributed by atoms with E-state index in [2.05, 4.69) is 4.98 Å². The number of aromatic nitrogens is 1. The molecule has 0 aliphatic carbocycles. The van der Waals surface area contributed by atoms with Crippen LogP contribution in [0.4, 0.5) is 17.6 Å². The summed E-state index contributed by atoms with van der Waals surface area (Å²) in [4.78, 5) is 3.60. The highest BCUT2D eigenvalue weighted by molar-refractivity contribution is 6.32. The van der Waals surface area contributed by atoms with Crippen molar-refractivity contribution < 1.29 is 22.3 Å². The molecule has 0 radical (unpaired) electrons. The van der Waals surface area contributed by atoms with Crippen molar-refractivity contribution in [1.82, 2.24) is 4.98 Å². The van der Waals surface area contributed by atoms with Crippen LogP contribution in [0.2, 0.25) is 10.2 Å². The molecule has 0 spiro atoms. The topological polar surface area (TPSA) is 22.1 Å². The van der Waals surface area contributed by atoms with Crippen molar-refractivity contribution in [3.05, 3.63) is 51.9 Å². The van der Waals surface area contributed by atoms with Gasteiger partial charge in [0, 0.05) is 6.07 Å². The predicted octanol–water partition coefficient (Wildman–Crippen LogP) is 5.34. The number of ether oxygens (including phenoxy) is 1. The third-order valence-electron chi connectivity index (χ3n) is 2.21. The third kappa shape index (κ3) is 3.52. The van der Waals surface area contributed by atoms with Gasteiger partial charge >= 0.3 is 6.18 Å². The van der Waals surface area contributed by atoms with Crippen LogP contribution in [0.15, 0.2) is 30.3 Å². The van der Waals surface area contributed by atoms with Gasteiger partial charge in [-0.15, -0.1) is 0 Å². The van der Waals surface area contributed by atoms with Crippen molar-refractivity contribution in [2.24, 2.45) is 0 Å². The summed E-state index contributed by atoms with van der Waals surface area (Å²) in [6.45, 7) is 0. The molecule has 0 atom stereocenters. The maximum Gasteiger partial charge on any atom is 0.416 e. The highest BCUT2D eigenvalue weighted by Gasteiger charge is 2.32. The highest BCUT2D eigenvalue weighted by atomic mass is 35.5. The van der Waals surface area contributed by atoms with Gasteiger partial charge in [0.2, 0.25) is 5.88 Å². The van der Waals surface area contributed by atoms with Crippen LogP contribution in [0.5, 0.6) is 11.6 Å². The van der Waals surface area contributed by atoms with E-state index in [0.717, 1.165) is 12.1 Å². The van der Waals surface area contributed by atoms with Crippen molar-refractivity contribution >= 4 is 23.2 Å². The van der Waals surface area contributed by atoms with Gasteiger partial charge in [-0.05, 0) is 24.3 Å². The zero-order chi connectivity index (χ0) is 14.9. The zero-order valence-corrected chi connectivity index (χ0v) is 11.0. The lowest BCUT2D eigenvalue weighted by Gasteiger charge is -2.10. The van der Waals surface area contributed by atoms with Crippen molar-refractivity contribution in [3.63, 3.8) is 0 Å². The molecule has 106 valence electrons. The lowest BCUT2D eigenvalue weighted by Crippen LogP contribution is -2.05. The van der Waals surface area contributed by atoms with Gasteiger partial charge < -0.3 is 4.74 Å². The van der Waals surface area contributed by atoms with Crippen molar-refractivity contribution in [2.45, 2.75) is 6.18 Å². The monoisotopic (exact) mass is 325 g/mol. The Morgan fingerprint density at radius 1 is 1.05 bits per heavy atom. The molecular weight excluding hydrogens is 321 g/mol. The van der Waals surface area contributed by atoms with Gasteiger partial charge in [0.1, 0.15) is 16.7 Å². The van der Waals surface area contributed by atoms with E-state index in [1.807, 2.05) is 0 Å². The molecule has 0 aliphatic rings. The molecule has 2 rings (SSSR count). The van der Waals surface area contributed by atoms with Crippen LogP contribution in [0.1, 0.15) is 5.56 Å². The fourth-order valence-electron chi connectivity index (χ4n) is 1.36. The summed E-state index contributed by atoms with van der Waals surface area (Å²) in [5, 5.41) is -0.478. The quantitative estimate of drug-likeness (QED) is 0.549. The average molecular weight is 326 g/mol. The van der Waals surface area contributed by atoms with E-state index in [-0.39, 0.29) is 15.9 Å². The fraction of sp³-hybridized carbons (Fsp3) is 0.0833. The molecule has 2 aromatic rings. The molecule has 0 unspecified atom stereocenters. The molecule has 1 aromatic carbocycles. The van der Waals surface area contributed by atoms with E-state index < -0.39 is 23.4 Å². The molecule has 2 nitrogen and oxygen atoms in total. The normalized spacial score (nSPS) is 11.5. The molecule has 0 bridgehead atoms. The molecule has 0 N–H and O–H groups in total. The van der Waals surface area contributed by atoms with Crippen LogP contribution >= 0.6 is 23.2 Å². The minimum Gasteiger partial charge on any atom is -0.437 e. The standard InChI is InChI=1S/C12H5Cl2F4NO/c13-8-5-7(15)1-2-9(8)20-11-4-6(12(16,17)18)3-10(14)19-11/h1-5H. The Labute approximate surface area is 120 Å². The summed E-state index contributed by atoms with van der Waals surface area (Å²) in [6, 6.07) is 4.53. The summed E-state index contributed by atoms with van der Waals surface area (Å²) in [6.07, 6.45) is -4.59. The first-order chi connectivity index (χ1) is 9.25. The summed E-state index contributed by atoms with van der Waals surface area (Å²) >= 11 is 11.2. The van der Waals surface area contributed by atoms with Crippen LogP contribution in [0, 0.1) is 5.82 Å². The van der Waals surface area contributed by atoms with Crippen LogP contribution in [-0.4, -0.2) is 4.98 Å². The van der Waals surface area contributed by atoms with Gasteiger partial charge in [-0.2, -0.15) is 13.2 Å². The largest absolute Gasteiger partial charge is 0.437 e. The molecule has 0 saturated carbocycles. The average Bonchev–Trinajstić information content (AvgIpc) is 2.31. The fourth-order valence-corrected chi connectivity index (χ4v) is 1.77. The Kier molecular flexibility index (Phi) is 4.06. The lowest BCUT2D eigenvalue weighted by atomic mass is 10.2. The Morgan fingerprint density at radius 3 is 2.35 bits per heavy atom. The minimum absolute atomic E-state index is 0.0315. The number of rotatable bonds is 2. The molecule has 8 heteroatoms. The molecule has 20 heavy (non-hydrogen) atoms. The lowest BCUT2D eigenvalue weighted by molar-refractivity contribution is -0.137. The summed E-state index contributed by atoms with van der Waals surface area (Å²) in [5.41, 5.74) is -1.01. The maximum absolute atomic E-state index is 12.8. The van der Waals surface area contributed by atoms with Gasteiger partial charge in [-0.1, -0.05) is 23.2 Å². The Morgan fingerprint density at radius 2 is 1.75 bits per heavy atom. The number of halogens is 6. The van der Waals surface area contributed by atoms with E-state index in [1.165, 1.54) is 6.07 Å². The van der Waals surface area contributed by atoms with Crippen molar-refractivity contribution in [3.8, 4) is 11.6 Å². The molecule has 0 aliphatic heterocycles. The van der Waals surface area contributed by atoms with Crippen LogP contribution in [0.3, 0.4) is 0 Å². The summed E-state index contributed by atoms with van der Waals surface area (Å²) < 4.78 is 55.7. The number of nitrogens with zero attached hydrogens (tertiary/aromatic N) is 1. The maximum atomic E-state index is 12.8. The number of alkyl halides is 3. The van der Waals surface area contributed by atoms with E-state index in [9.17, 15) is 17.6 Å². The van der Waals surface area contributed by atoms with Crippen molar-refractivity contribution in [1.29, 1.82) is 0 Å². The number of benzene rings is 1. The van der Waals surface area contributed by atoms with Crippen LogP contribution < -0.4 is 4.74 Å². The second-order valence-electron chi connectivity index (χ2n) is 3.69. The Balaban J connectivity index is 2.36. The van der Waals surface area contributed by atoms with Gasteiger partial charge in [-0.25, -0.2) is 9.37 Å². The smallest absolute Gasteiger partial charge is 0.416 e. The highest BCUT2D eigenvalue weighted by Crippen LogP contribution is 2.35. The summed E-state index contributed by atoms with van der Waals surface area (Å²) in [7, 11) is 0. The number of pyridine rings is 1. The molecule has 0 amide bonds. The molecule has 1 aromatic heterocycles. The van der Waals surface area contributed by atoms with Gasteiger partial charge in [0.15, 0.2) is 0 Å². The molecule has 0 saturated heterocycles. The Bertz CT molecular complexity index is 646.